The summed E-state index contributed by atoms with van der Waals surface area (Å²) in [6, 6.07) is 0.520. The minimum absolute atomic E-state index is 0. The van der Waals surface area contributed by atoms with Crippen LogP contribution in [0.5, 0.6) is 0 Å². The summed E-state index contributed by atoms with van der Waals surface area (Å²) in [5, 5.41) is 6.90. The van der Waals surface area contributed by atoms with Crippen LogP contribution in [0.2, 0.25) is 0 Å². The van der Waals surface area contributed by atoms with Crippen LogP contribution < -0.4 is 10.6 Å². The molecule has 1 saturated heterocycles. The molecule has 8 heteroatoms. The second-order valence-corrected chi connectivity index (χ2v) is 7.12. The van der Waals surface area contributed by atoms with Gasteiger partial charge in [0.1, 0.15) is 0 Å². The van der Waals surface area contributed by atoms with Crippen LogP contribution in [0, 0.1) is 5.92 Å². The molecule has 0 aromatic carbocycles. The first-order valence-electron chi connectivity index (χ1n) is 10.00. The maximum Gasteiger partial charge on any atom is 0.191 e. The molecular formula is C19H41IN4O3. The summed E-state index contributed by atoms with van der Waals surface area (Å²) in [5.41, 5.74) is 0. The lowest BCUT2D eigenvalue weighted by Crippen LogP contribution is -2.51. The van der Waals surface area contributed by atoms with E-state index in [1.807, 2.05) is 7.05 Å². The Labute approximate surface area is 183 Å². The van der Waals surface area contributed by atoms with E-state index in [9.17, 15) is 0 Å². The Morgan fingerprint density at radius 2 is 1.85 bits per heavy atom. The normalized spacial score (nSPS) is 16.9. The zero-order valence-corrected chi connectivity index (χ0v) is 20.0. The maximum atomic E-state index is 5.49. The number of hydrogen-bond donors (Lipinski definition) is 2. The zero-order chi connectivity index (χ0) is 19.0. The van der Waals surface area contributed by atoms with Gasteiger partial charge >= 0.3 is 0 Å². The van der Waals surface area contributed by atoms with Crippen molar-refractivity contribution in [1.29, 1.82) is 0 Å². The highest BCUT2D eigenvalue weighted by Crippen LogP contribution is 2.12. The molecule has 1 aliphatic heterocycles. The third kappa shape index (κ3) is 13.6. The summed E-state index contributed by atoms with van der Waals surface area (Å²) < 4.78 is 15.9. The predicted octanol–water partition coefficient (Wildman–Crippen LogP) is 1.96. The van der Waals surface area contributed by atoms with Crippen molar-refractivity contribution in [3.8, 4) is 0 Å². The van der Waals surface area contributed by atoms with E-state index < -0.39 is 0 Å². The van der Waals surface area contributed by atoms with Crippen molar-refractivity contribution in [3.05, 3.63) is 0 Å². The van der Waals surface area contributed by atoms with Crippen molar-refractivity contribution < 1.29 is 14.2 Å². The van der Waals surface area contributed by atoms with Crippen LogP contribution in [0.25, 0.3) is 0 Å². The second kappa shape index (κ2) is 17.9. The smallest absolute Gasteiger partial charge is 0.191 e. The zero-order valence-electron chi connectivity index (χ0n) is 17.7. The Bertz CT molecular complexity index is 367. The van der Waals surface area contributed by atoms with Gasteiger partial charge in [0.05, 0.1) is 26.4 Å². The monoisotopic (exact) mass is 500 g/mol. The molecule has 2 N–H and O–H groups in total. The van der Waals surface area contributed by atoms with E-state index in [2.05, 4.69) is 34.4 Å². The van der Waals surface area contributed by atoms with Gasteiger partial charge in [-0.3, -0.25) is 9.89 Å². The average Bonchev–Trinajstić information content (AvgIpc) is 2.65. The summed E-state index contributed by atoms with van der Waals surface area (Å²) in [5.74, 6) is 1.56. The molecule has 1 fully saturated rings. The fraction of sp³-hybridized carbons (Fsp3) is 0.947. The van der Waals surface area contributed by atoms with Gasteiger partial charge in [-0.15, -0.1) is 24.0 Å². The van der Waals surface area contributed by atoms with Gasteiger partial charge in [-0.05, 0) is 25.2 Å². The van der Waals surface area contributed by atoms with Gasteiger partial charge in [0, 0.05) is 53.0 Å². The number of nitrogens with one attached hydrogen (secondary N) is 2. The molecule has 0 amide bonds. The number of rotatable bonds is 13. The molecule has 0 spiro atoms. The Hall–Kier alpha value is -0.160. The summed E-state index contributed by atoms with van der Waals surface area (Å²) in [6.45, 7) is 12.2. The molecule has 27 heavy (non-hydrogen) atoms. The van der Waals surface area contributed by atoms with E-state index in [1.54, 1.807) is 7.11 Å². The molecule has 0 aromatic heterocycles. The Kier molecular flexibility index (Phi) is 17.8. The van der Waals surface area contributed by atoms with Gasteiger partial charge in [0.25, 0.3) is 0 Å². The molecule has 1 heterocycles. The molecule has 0 aromatic rings. The molecule has 1 rings (SSSR count). The molecule has 0 radical (unpaired) electrons. The van der Waals surface area contributed by atoms with Gasteiger partial charge < -0.3 is 24.8 Å². The van der Waals surface area contributed by atoms with E-state index in [1.165, 1.54) is 6.42 Å². The molecule has 1 unspecified atom stereocenters. The number of halogens is 1. The Morgan fingerprint density at radius 3 is 2.48 bits per heavy atom. The number of hydrogen-bond acceptors (Lipinski definition) is 5. The highest BCUT2D eigenvalue weighted by molar-refractivity contribution is 14.0. The number of morpholine rings is 1. The summed E-state index contributed by atoms with van der Waals surface area (Å²) in [4.78, 5) is 6.89. The van der Waals surface area contributed by atoms with Crippen LogP contribution >= 0.6 is 24.0 Å². The second-order valence-electron chi connectivity index (χ2n) is 7.12. The van der Waals surface area contributed by atoms with E-state index in [0.29, 0.717) is 25.2 Å². The molecule has 1 aliphatic rings. The van der Waals surface area contributed by atoms with Crippen LogP contribution in [-0.4, -0.2) is 90.3 Å². The number of nitrogens with zero attached hydrogens (tertiary/aromatic N) is 2. The molecule has 0 bridgehead atoms. The van der Waals surface area contributed by atoms with Crippen molar-refractivity contribution in [1.82, 2.24) is 15.5 Å². The largest absolute Gasteiger partial charge is 0.382 e. The fourth-order valence-electron chi connectivity index (χ4n) is 3.06. The van der Waals surface area contributed by atoms with E-state index in [0.717, 1.165) is 64.8 Å². The fourth-order valence-corrected chi connectivity index (χ4v) is 3.06. The summed E-state index contributed by atoms with van der Waals surface area (Å²) >= 11 is 0. The number of unbranched alkanes of at least 4 members (excludes halogenated alkanes) is 1. The molecule has 0 aliphatic carbocycles. The van der Waals surface area contributed by atoms with Crippen molar-refractivity contribution in [2.45, 2.75) is 39.2 Å². The minimum Gasteiger partial charge on any atom is -0.382 e. The number of methoxy groups -OCH3 is 1. The van der Waals surface area contributed by atoms with E-state index in [4.69, 9.17) is 14.2 Å². The van der Waals surface area contributed by atoms with Crippen LogP contribution in [0.4, 0.5) is 0 Å². The van der Waals surface area contributed by atoms with Crippen molar-refractivity contribution in [2.75, 3.05) is 73.4 Å². The lowest BCUT2D eigenvalue weighted by Gasteiger charge is -2.35. The van der Waals surface area contributed by atoms with Crippen molar-refractivity contribution in [3.63, 3.8) is 0 Å². The first kappa shape index (κ1) is 26.8. The van der Waals surface area contributed by atoms with Crippen LogP contribution in [0.3, 0.4) is 0 Å². The van der Waals surface area contributed by atoms with Gasteiger partial charge in [0.15, 0.2) is 5.96 Å². The molecule has 162 valence electrons. The quantitative estimate of drug-likeness (QED) is 0.175. The lowest BCUT2D eigenvalue weighted by atomic mass is 10.0. The minimum atomic E-state index is 0. The summed E-state index contributed by atoms with van der Waals surface area (Å²) in [7, 11) is 3.52. The average molecular weight is 500 g/mol. The third-order valence-corrected chi connectivity index (χ3v) is 4.47. The van der Waals surface area contributed by atoms with E-state index >= 15 is 0 Å². The topological polar surface area (TPSA) is 67.4 Å². The maximum absolute atomic E-state index is 5.49. The predicted molar refractivity (Wildman–Crippen MR) is 122 cm³/mol. The molecular weight excluding hydrogens is 459 g/mol. The van der Waals surface area contributed by atoms with Gasteiger partial charge in [0.2, 0.25) is 0 Å². The van der Waals surface area contributed by atoms with Crippen molar-refractivity contribution in [2.24, 2.45) is 10.9 Å². The number of guanidine groups is 1. The Balaban J connectivity index is 0.00000676. The van der Waals surface area contributed by atoms with E-state index in [-0.39, 0.29) is 24.0 Å². The standard InChI is InChI=1S/C19H40N4O3.HI/c1-17(2)15-18(23-8-11-26-12-9-23)16-22-19(20-3)21-7-5-6-10-25-14-13-24-4;/h17-18H,5-16H2,1-4H3,(H2,20,21,22);1H. The van der Waals surface area contributed by atoms with Gasteiger partial charge in [-0.25, -0.2) is 0 Å². The number of ether oxygens (including phenoxy) is 3. The first-order chi connectivity index (χ1) is 12.7. The van der Waals surface area contributed by atoms with Crippen LogP contribution in [0.1, 0.15) is 33.1 Å². The molecule has 1 atom stereocenters. The Morgan fingerprint density at radius 1 is 1.11 bits per heavy atom. The van der Waals surface area contributed by atoms with Crippen LogP contribution in [-0.2, 0) is 14.2 Å². The third-order valence-electron chi connectivity index (χ3n) is 4.47. The lowest BCUT2D eigenvalue weighted by molar-refractivity contribution is 0.0132. The first-order valence-corrected chi connectivity index (χ1v) is 10.00. The van der Waals surface area contributed by atoms with Crippen molar-refractivity contribution >= 4 is 29.9 Å². The van der Waals surface area contributed by atoms with Gasteiger partial charge in [-0.2, -0.15) is 0 Å². The highest BCUT2D eigenvalue weighted by atomic mass is 127. The molecule has 0 saturated carbocycles. The summed E-state index contributed by atoms with van der Waals surface area (Å²) in [6.07, 6.45) is 3.28. The van der Waals surface area contributed by atoms with Crippen LogP contribution in [0.15, 0.2) is 4.99 Å². The number of aliphatic imine (C=N–C) groups is 1. The molecule has 7 nitrogen and oxygen atoms in total. The highest BCUT2D eigenvalue weighted by Gasteiger charge is 2.22. The SMILES string of the molecule is CN=C(NCCCCOCCOC)NCC(CC(C)C)N1CCOCC1.I. The van der Waals surface area contributed by atoms with Gasteiger partial charge in [-0.1, -0.05) is 13.8 Å².